The van der Waals surface area contributed by atoms with E-state index in [0.29, 0.717) is 11.6 Å². The number of nitrogens with one attached hydrogen (secondary N) is 1. The minimum absolute atomic E-state index is 0.220. The minimum atomic E-state index is -3.20. The van der Waals surface area contributed by atoms with Crippen LogP contribution >= 0.6 is 22.6 Å². The van der Waals surface area contributed by atoms with E-state index < -0.39 is 15.1 Å². The largest absolute Gasteiger partial charge is 0.369 e. The van der Waals surface area contributed by atoms with Gasteiger partial charge in [0.15, 0.2) is 9.84 Å². The highest BCUT2D eigenvalue weighted by molar-refractivity contribution is 14.1. The lowest BCUT2D eigenvalue weighted by atomic mass is 10.1. The van der Waals surface area contributed by atoms with Crippen molar-refractivity contribution in [3.63, 3.8) is 0 Å². The first kappa shape index (κ1) is 16.6. The van der Waals surface area contributed by atoms with Crippen molar-refractivity contribution in [2.45, 2.75) is 38.9 Å². The highest BCUT2D eigenvalue weighted by atomic mass is 127. The van der Waals surface area contributed by atoms with Crippen LogP contribution in [0.5, 0.6) is 0 Å². The number of halogens is 1. The van der Waals surface area contributed by atoms with Gasteiger partial charge in [0.05, 0.1) is 9.26 Å². The number of anilines is 1. The predicted molar refractivity (Wildman–Crippen MR) is 86.3 cm³/mol. The van der Waals surface area contributed by atoms with E-state index in [4.69, 9.17) is 0 Å². The van der Waals surface area contributed by atoms with Crippen molar-refractivity contribution in [3.8, 4) is 0 Å². The molecule has 0 amide bonds. The van der Waals surface area contributed by atoms with E-state index in [1.54, 1.807) is 6.92 Å². The van der Waals surface area contributed by atoms with Gasteiger partial charge in [-0.25, -0.2) is 18.4 Å². The van der Waals surface area contributed by atoms with E-state index in [1.807, 2.05) is 20.8 Å². The molecule has 7 heteroatoms. The number of rotatable bonds is 5. The standard InChI is InChI=1S/C12H20IN3O2S/c1-6-14-12-9(13)10(7(2)3)15-11(16-12)8(4)19(5,17)18/h7-8H,6H2,1-5H3,(H,14,15,16). The average molecular weight is 397 g/mol. The molecule has 0 aliphatic rings. The van der Waals surface area contributed by atoms with Crippen molar-refractivity contribution < 1.29 is 8.42 Å². The third-order valence-corrected chi connectivity index (χ3v) is 5.35. The zero-order valence-electron chi connectivity index (χ0n) is 11.9. The van der Waals surface area contributed by atoms with Gasteiger partial charge < -0.3 is 5.32 Å². The second-order valence-corrected chi connectivity index (χ2v) is 8.23. The Kier molecular flexibility index (Phi) is 5.54. The van der Waals surface area contributed by atoms with Crippen LogP contribution in [0.2, 0.25) is 0 Å². The molecule has 0 aromatic carbocycles. The summed E-state index contributed by atoms with van der Waals surface area (Å²) in [5.74, 6) is 1.30. The fourth-order valence-electron chi connectivity index (χ4n) is 1.52. The molecule has 19 heavy (non-hydrogen) atoms. The minimum Gasteiger partial charge on any atom is -0.369 e. The van der Waals surface area contributed by atoms with Gasteiger partial charge in [-0.15, -0.1) is 0 Å². The van der Waals surface area contributed by atoms with Crippen LogP contribution < -0.4 is 5.32 Å². The topological polar surface area (TPSA) is 72.0 Å². The lowest BCUT2D eigenvalue weighted by Crippen LogP contribution is -2.16. The molecule has 1 atom stereocenters. The molecule has 108 valence electrons. The lowest BCUT2D eigenvalue weighted by Gasteiger charge is -2.16. The van der Waals surface area contributed by atoms with Gasteiger partial charge in [-0.05, 0) is 42.4 Å². The van der Waals surface area contributed by atoms with Crippen LogP contribution in [-0.2, 0) is 9.84 Å². The molecule has 1 rings (SSSR count). The van der Waals surface area contributed by atoms with Crippen LogP contribution in [0.15, 0.2) is 0 Å². The monoisotopic (exact) mass is 397 g/mol. The Labute approximate surface area is 128 Å². The molecule has 5 nitrogen and oxygen atoms in total. The van der Waals surface area contributed by atoms with Crippen LogP contribution in [-0.4, -0.2) is 31.2 Å². The smallest absolute Gasteiger partial charge is 0.157 e. The van der Waals surface area contributed by atoms with Crippen LogP contribution in [0.1, 0.15) is 50.4 Å². The molecule has 1 unspecified atom stereocenters. The Bertz CT molecular complexity index is 558. The van der Waals surface area contributed by atoms with Gasteiger partial charge in [-0.3, -0.25) is 0 Å². The predicted octanol–water partition coefficient (Wildman–Crippen LogP) is 2.74. The third kappa shape index (κ3) is 4.01. The second-order valence-electron chi connectivity index (χ2n) is 4.79. The first-order chi connectivity index (χ1) is 8.68. The maximum absolute atomic E-state index is 11.7. The molecule has 0 bridgehead atoms. The number of sulfone groups is 1. The Morgan fingerprint density at radius 1 is 1.26 bits per heavy atom. The summed E-state index contributed by atoms with van der Waals surface area (Å²) in [6, 6.07) is 0. The van der Waals surface area contributed by atoms with Gasteiger partial charge in [0.2, 0.25) is 0 Å². The fourth-order valence-corrected chi connectivity index (χ4v) is 3.07. The first-order valence-electron chi connectivity index (χ1n) is 6.18. The second kappa shape index (κ2) is 6.34. The van der Waals surface area contributed by atoms with Gasteiger partial charge in [-0.2, -0.15) is 0 Å². The molecule has 0 aliphatic heterocycles. The summed E-state index contributed by atoms with van der Waals surface area (Å²) in [5.41, 5.74) is 0.886. The van der Waals surface area contributed by atoms with E-state index in [0.717, 1.165) is 15.8 Å². The quantitative estimate of drug-likeness (QED) is 0.774. The van der Waals surface area contributed by atoms with E-state index in [9.17, 15) is 8.42 Å². The van der Waals surface area contributed by atoms with Gasteiger partial charge >= 0.3 is 0 Å². The SMILES string of the molecule is CCNc1nc(C(C)S(C)(=O)=O)nc(C(C)C)c1I. The number of hydrogen-bond acceptors (Lipinski definition) is 5. The molecule has 0 aliphatic carbocycles. The summed E-state index contributed by atoms with van der Waals surface area (Å²) in [7, 11) is -3.20. The summed E-state index contributed by atoms with van der Waals surface area (Å²) >= 11 is 2.20. The molecule has 0 spiro atoms. The summed E-state index contributed by atoms with van der Waals surface area (Å²) in [6.45, 7) is 8.41. The zero-order chi connectivity index (χ0) is 14.8. The number of aromatic nitrogens is 2. The highest BCUT2D eigenvalue weighted by Crippen LogP contribution is 2.28. The van der Waals surface area contributed by atoms with E-state index in [1.165, 1.54) is 6.26 Å². The molecule has 0 saturated heterocycles. The summed E-state index contributed by atoms with van der Waals surface area (Å²) < 4.78 is 24.3. The van der Waals surface area contributed by atoms with E-state index >= 15 is 0 Å². The van der Waals surface area contributed by atoms with Gasteiger partial charge in [0.1, 0.15) is 16.9 Å². The molecular weight excluding hydrogens is 377 g/mol. The molecule has 1 heterocycles. The Morgan fingerprint density at radius 3 is 2.26 bits per heavy atom. The van der Waals surface area contributed by atoms with Crippen molar-refractivity contribution in [2.24, 2.45) is 0 Å². The fraction of sp³-hybridized carbons (Fsp3) is 0.667. The van der Waals surface area contributed by atoms with Gasteiger partial charge in [-0.1, -0.05) is 13.8 Å². The molecule has 0 saturated carbocycles. The summed E-state index contributed by atoms with van der Waals surface area (Å²) in [5, 5.41) is 2.47. The van der Waals surface area contributed by atoms with Crippen molar-refractivity contribution in [1.29, 1.82) is 0 Å². The Morgan fingerprint density at radius 2 is 1.84 bits per heavy atom. The highest BCUT2D eigenvalue weighted by Gasteiger charge is 2.24. The number of hydrogen-bond donors (Lipinski definition) is 1. The number of nitrogens with zero attached hydrogens (tertiary/aromatic N) is 2. The van der Waals surface area contributed by atoms with Crippen molar-refractivity contribution in [2.75, 3.05) is 18.1 Å². The summed E-state index contributed by atoms with van der Waals surface area (Å²) in [6.07, 6.45) is 1.21. The van der Waals surface area contributed by atoms with Crippen molar-refractivity contribution in [3.05, 3.63) is 15.1 Å². The van der Waals surface area contributed by atoms with Crippen LogP contribution in [0.3, 0.4) is 0 Å². The molecule has 0 radical (unpaired) electrons. The van der Waals surface area contributed by atoms with Crippen molar-refractivity contribution >= 4 is 38.2 Å². The third-order valence-electron chi connectivity index (χ3n) is 2.79. The maximum Gasteiger partial charge on any atom is 0.157 e. The Hall–Kier alpha value is -0.440. The molecule has 1 aromatic heterocycles. The molecule has 1 N–H and O–H groups in total. The normalized spacial score (nSPS) is 13.6. The van der Waals surface area contributed by atoms with Gasteiger partial charge in [0, 0.05) is 12.8 Å². The first-order valence-corrected chi connectivity index (χ1v) is 9.21. The van der Waals surface area contributed by atoms with E-state index in [-0.39, 0.29) is 5.92 Å². The zero-order valence-corrected chi connectivity index (χ0v) is 14.8. The van der Waals surface area contributed by atoms with Gasteiger partial charge in [0.25, 0.3) is 0 Å². The Balaban J connectivity index is 3.42. The lowest BCUT2D eigenvalue weighted by molar-refractivity contribution is 0.588. The maximum atomic E-state index is 11.7. The average Bonchev–Trinajstić information content (AvgIpc) is 2.29. The molecular formula is C12H20IN3O2S. The molecule has 1 aromatic rings. The van der Waals surface area contributed by atoms with Crippen LogP contribution in [0.4, 0.5) is 5.82 Å². The van der Waals surface area contributed by atoms with Crippen molar-refractivity contribution in [1.82, 2.24) is 9.97 Å². The molecule has 0 fully saturated rings. The van der Waals surface area contributed by atoms with Crippen LogP contribution in [0.25, 0.3) is 0 Å². The summed E-state index contributed by atoms with van der Waals surface area (Å²) in [4.78, 5) is 8.81. The van der Waals surface area contributed by atoms with Crippen LogP contribution in [0, 0.1) is 3.57 Å². The van der Waals surface area contributed by atoms with E-state index in [2.05, 4.69) is 37.9 Å².